The molecule has 0 aliphatic heterocycles. The van der Waals surface area contributed by atoms with E-state index in [9.17, 15) is 0 Å². The number of rotatable bonds is 5. The molecule has 3 nitrogen and oxygen atoms in total. The van der Waals surface area contributed by atoms with E-state index in [-0.39, 0.29) is 0 Å². The summed E-state index contributed by atoms with van der Waals surface area (Å²) < 4.78 is 2.26. The first-order valence-corrected chi connectivity index (χ1v) is 6.12. The highest BCUT2D eigenvalue weighted by atomic mass is 15.1. The number of aromatic nitrogens is 2. The van der Waals surface area contributed by atoms with Crippen molar-refractivity contribution in [3.05, 3.63) is 18.7 Å². The summed E-state index contributed by atoms with van der Waals surface area (Å²) >= 11 is 0. The molecule has 0 bridgehead atoms. The van der Waals surface area contributed by atoms with Gasteiger partial charge in [0.15, 0.2) is 0 Å². The molecule has 1 fully saturated rings. The van der Waals surface area contributed by atoms with E-state index < -0.39 is 0 Å². The van der Waals surface area contributed by atoms with Crippen molar-refractivity contribution in [1.29, 1.82) is 0 Å². The monoisotopic (exact) mass is 207 g/mol. The zero-order chi connectivity index (χ0) is 10.5. The van der Waals surface area contributed by atoms with Crippen LogP contribution in [0.5, 0.6) is 0 Å². The lowest BCUT2D eigenvalue weighted by Crippen LogP contribution is -2.34. The maximum absolute atomic E-state index is 4.13. The van der Waals surface area contributed by atoms with E-state index in [0.29, 0.717) is 12.1 Å². The lowest BCUT2D eigenvalue weighted by Gasteiger charge is -2.22. The predicted molar refractivity (Wildman–Crippen MR) is 61.8 cm³/mol. The second kappa shape index (κ2) is 5.31. The first-order chi connectivity index (χ1) is 7.42. The molecule has 1 aliphatic carbocycles. The molecular formula is C12H21N3. The third-order valence-corrected chi connectivity index (χ3v) is 3.32. The molecule has 1 aromatic heterocycles. The van der Waals surface area contributed by atoms with E-state index in [1.165, 1.54) is 32.1 Å². The van der Waals surface area contributed by atoms with Gasteiger partial charge in [0, 0.05) is 24.5 Å². The van der Waals surface area contributed by atoms with Gasteiger partial charge in [0.2, 0.25) is 0 Å². The van der Waals surface area contributed by atoms with Crippen LogP contribution in [0.2, 0.25) is 0 Å². The highest BCUT2D eigenvalue weighted by Gasteiger charge is 2.27. The summed E-state index contributed by atoms with van der Waals surface area (Å²) in [6.45, 7) is 3.40. The zero-order valence-electron chi connectivity index (χ0n) is 9.52. The molecule has 0 amide bonds. The van der Waals surface area contributed by atoms with Crippen LogP contribution in [0.4, 0.5) is 0 Å². The number of hydrogen-bond acceptors (Lipinski definition) is 2. The third-order valence-electron chi connectivity index (χ3n) is 3.32. The predicted octanol–water partition coefficient (Wildman–Crippen LogP) is 2.37. The van der Waals surface area contributed by atoms with Crippen molar-refractivity contribution in [2.45, 2.75) is 51.1 Å². The molecule has 0 spiro atoms. The minimum atomic E-state index is 0.629. The first-order valence-electron chi connectivity index (χ1n) is 6.12. The van der Waals surface area contributed by atoms with Gasteiger partial charge in [-0.1, -0.05) is 13.3 Å². The molecule has 1 heterocycles. The van der Waals surface area contributed by atoms with Gasteiger partial charge in [-0.05, 0) is 32.2 Å². The Bertz CT molecular complexity index is 268. The minimum Gasteiger partial charge on any atom is -0.333 e. The Hall–Kier alpha value is -0.830. The number of hydrogen-bond donors (Lipinski definition) is 1. The lowest BCUT2D eigenvalue weighted by molar-refractivity contribution is 0.389. The number of nitrogens with one attached hydrogen (secondary N) is 1. The molecule has 0 aromatic carbocycles. The van der Waals surface area contributed by atoms with E-state index in [1.54, 1.807) is 0 Å². The van der Waals surface area contributed by atoms with Gasteiger partial charge in [0.25, 0.3) is 0 Å². The summed E-state index contributed by atoms with van der Waals surface area (Å²) in [6, 6.07) is 1.29. The van der Waals surface area contributed by atoms with Crippen molar-refractivity contribution in [2.75, 3.05) is 6.54 Å². The Morgan fingerprint density at radius 2 is 2.40 bits per heavy atom. The second-order valence-corrected chi connectivity index (χ2v) is 4.42. The van der Waals surface area contributed by atoms with Crippen LogP contribution in [-0.2, 0) is 0 Å². The fraction of sp³-hybridized carbons (Fsp3) is 0.750. The van der Waals surface area contributed by atoms with Crippen molar-refractivity contribution < 1.29 is 0 Å². The van der Waals surface area contributed by atoms with Crippen LogP contribution in [0.25, 0.3) is 0 Å². The molecule has 2 unspecified atom stereocenters. The highest BCUT2D eigenvalue weighted by Crippen LogP contribution is 2.29. The van der Waals surface area contributed by atoms with Gasteiger partial charge in [-0.2, -0.15) is 0 Å². The highest BCUT2D eigenvalue weighted by molar-refractivity contribution is 4.91. The maximum Gasteiger partial charge on any atom is 0.0949 e. The molecule has 0 saturated heterocycles. The Morgan fingerprint density at radius 1 is 1.47 bits per heavy atom. The van der Waals surface area contributed by atoms with Crippen LogP contribution in [0.3, 0.4) is 0 Å². The summed E-state index contributed by atoms with van der Waals surface area (Å²) in [6.07, 6.45) is 12.4. The van der Waals surface area contributed by atoms with Crippen molar-refractivity contribution in [2.24, 2.45) is 0 Å². The van der Waals surface area contributed by atoms with Crippen LogP contribution in [-0.4, -0.2) is 22.1 Å². The van der Waals surface area contributed by atoms with Crippen molar-refractivity contribution in [3.8, 4) is 0 Å². The van der Waals surface area contributed by atoms with Crippen molar-refractivity contribution >= 4 is 0 Å². The van der Waals surface area contributed by atoms with Crippen LogP contribution < -0.4 is 5.32 Å². The van der Waals surface area contributed by atoms with Crippen molar-refractivity contribution in [3.63, 3.8) is 0 Å². The fourth-order valence-electron chi connectivity index (χ4n) is 2.47. The molecule has 3 heteroatoms. The van der Waals surface area contributed by atoms with Crippen LogP contribution >= 0.6 is 0 Å². The van der Waals surface area contributed by atoms with Gasteiger partial charge in [-0.15, -0.1) is 0 Å². The average molecular weight is 207 g/mol. The maximum atomic E-state index is 4.13. The Kier molecular flexibility index (Phi) is 3.78. The molecule has 0 radical (unpaired) electrons. The van der Waals surface area contributed by atoms with Crippen LogP contribution in [0.1, 0.15) is 45.1 Å². The minimum absolute atomic E-state index is 0.629. The van der Waals surface area contributed by atoms with E-state index in [0.717, 1.165) is 6.54 Å². The summed E-state index contributed by atoms with van der Waals surface area (Å²) in [5.74, 6) is 0. The molecule has 15 heavy (non-hydrogen) atoms. The molecular weight excluding hydrogens is 186 g/mol. The Labute approximate surface area is 91.9 Å². The summed E-state index contributed by atoms with van der Waals surface area (Å²) in [5, 5.41) is 3.67. The van der Waals surface area contributed by atoms with Gasteiger partial charge in [-0.3, -0.25) is 0 Å². The number of unbranched alkanes of at least 4 members (excludes halogenated alkanes) is 1. The summed E-state index contributed by atoms with van der Waals surface area (Å²) in [5.41, 5.74) is 0. The van der Waals surface area contributed by atoms with E-state index in [4.69, 9.17) is 0 Å². The van der Waals surface area contributed by atoms with Crippen LogP contribution in [0, 0.1) is 0 Å². The van der Waals surface area contributed by atoms with Gasteiger partial charge in [0.1, 0.15) is 0 Å². The van der Waals surface area contributed by atoms with E-state index in [2.05, 4.69) is 28.0 Å². The zero-order valence-corrected chi connectivity index (χ0v) is 9.52. The molecule has 1 aromatic rings. The van der Waals surface area contributed by atoms with E-state index >= 15 is 0 Å². The normalized spacial score (nSPS) is 25.9. The SMILES string of the molecule is CCCCNC1CCCC1n1ccnc1. The topological polar surface area (TPSA) is 29.9 Å². The number of imidazole rings is 1. The van der Waals surface area contributed by atoms with Crippen LogP contribution in [0.15, 0.2) is 18.7 Å². The standard InChI is InChI=1S/C12H21N3/c1-2-3-7-14-11-5-4-6-12(11)15-9-8-13-10-15/h8-12,14H,2-7H2,1H3. The molecule has 2 atom stereocenters. The smallest absolute Gasteiger partial charge is 0.0949 e. The third kappa shape index (κ3) is 2.59. The molecule has 1 saturated carbocycles. The molecule has 84 valence electrons. The van der Waals surface area contributed by atoms with Gasteiger partial charge in [-0.25, -0.2) is 4.98 Å². The van der Waals surface area contributed by atoms with E-state index in [1.807, 2.05) is 12.5 Å². The van der Waals surface area contributed by atoms with Gasteiger partial charge < -0.3 is 9.88 Å². The van der Waals surface area contributed by atoms with Gasteiger partial charge in [0.05, 0.1) is 6.33 Å². The Morgan fingerprint density at radius 3 is 3.13 bits per heavy atom. The second-order valence-electron chi connectivity index (χ2n) is 4.42. The lowest BCUT2D eigenvalue weighted by atomic mass is 10.1. The fourth-order valence-corrected chi connectivity index (χ4v) is 2.47. The first kappa shape index (κ1) is 10.7. The molecule has 1 N–H and O–H groups in total. The van der Waals surface area contributed by atoms with Gasteiger partial charge >= 0.3 is 0 Å². The summed E-state index contributed by atoms with van der Waals surface area (Å²) in [4.78, 5) is 4.13. The largest absolute Gasteiger partial charge is 0.333 e. The molecule has 1 aliphatic rings. The Balaban J connectivity index is 1.88. The average Bonchev–Trinajstić information content (AvgIpc) is 2.87. The van der Waals surface area contributed by atoms with Crippen molar-refractivity contribution in [1.82, 2.24) is 14.9 Å². The quantitative estimate of drug-likeness (QED) is 0.751. The number of nitrogens with zero attached hydrogens (tertiary/aromatic N) is 2. The summed E-state index contributed by atoms with van der Waals surface area (Å²) in [7, 11) is 0. The molecule has 2 rings (SSSR count).